The van der Waals surface area contributed by atoms with Crippen LogP contribution in [-0.2, 0) is 11.2 Å². The van der Waals surface area contributed by atoms with E-state index < -0.39 is 13.0 Å². The van der Waals surface area contributed by atoms with Gasteiger partial charge >= 0.3 is 0 Å². The fraction of sp³-hybridized carbons (Fsp3) is 0.333. The summed E-state index contributed by atoms with van der Waals surface area (Å²) in [6.45, 7) is -0.501. The number of alkyl halides is 2. The zero-order valence-electron chi connectivity index (χ0n) is 10.6. The number of nitrogens with zero attached hydrogens (tertiary/aromatic N) is 2. The fourth-order valence-electron chi connectivity index (χ4n) is 1.61. The second-order valence-corrected chi connectivity index (χ2v) is 4.12. The van der Waals surface area contributed by atoms with Gasteiger partial charge in [-0.3, -0.25) is 0 Å². The largest absolute Gasteiger partial charge is 0.399 e. The van der Waals surface area contributed by atoms with Crippen molar-refractivity contribution in [3.05, 3.63) is 24.0 Å². The van der Waals surface area contributed by atoms with Crippen molar-refractivity contribution in [1.29, 1.82) is 0 Å². The Morgan fingerprint density at radius 3 is 2.55 bits per heavy atom. The maximum atomic E-state index is 11.9. The number of hydrogen-bond acceptors (Lipinski definition) is 6. The minimum atomic E-state index is -2.48. The highest BCUT2D eigenvalue weighted by molar-refractivity contribution is 5.66. The fourth-order valence-corrected chi connectivity index (χ4v) is 1.61. The van der Waals surface area contributed by atoms with Gasteiger partial charge in [0.1, 0.15) is 6.61 Å². The summed E-state index contributed by atoms with van der Waals surface area (Å²) in [6.07, 6.45) is -2.19. The number of hydrogen-bond donors (Lipinski definition) is 2. The van der Waals surface area contributed by atoms with Crippen LogP contribution in [0.2, 0.25) is 0 Å². The minimum absolute atomic E-state index is 0.0996. The van der Waals surface area contributed by atoms with Crippen molar-refractivity contribution in [3.63, 3.8) is 0 Å². The molecule has 0 atom stereocenters. The molecule has 1 aromatic heterocycles. The lowest BCUT2D eigenvalue weighted by Gasteiger charge is -2.00. The third kappa shape index (κ3) is 3.89. The SMILES string of the molecule is Nc1cc(N)cc(-c2nc(CCOCC(F)F)no2)c1. The molecule has 8 heteroatoms. The molecule has 0 spiro atoms. The first-order valence-electron chi connectivity index (χ1n) is 5.89. The average Bonchev–Trinajstić information content (AvgIpc) is 2.82. The van der Waals surface area contributed by atoms with Crippen molar-refractivity contribution in [2.24, 2.45) is 0 Å². The van der Waals surface area contributed by atoms with Gasteiger partial charge in [0, 0.05) is 23.4 Å². The van der Waals surface area contributed by atoms with Crippen LogP contribution in [0.15, 0.2) is 22.7 Å². The summed E-state index contributed by atoms with van der Waals surface area (Å²) in [7, 11) is 0. The van der Waals surface area contributed by atoms with Crippen LogP contribution in [0.25, 0.3) is 11.5 Å². The number of halogens is 2. The van der Waals surface area contributed by atoms with E-state index in [1.165, 1.54) is 0 Å². The van der Waals surface area contributed by atoms with Crippen LogP contribution in [0.5, 0.6) is 0 Å². The molecule has 1 aromatic carbocycles. The smallest absolute Gasteiger partial charge is 0.261 e. The lowest BCUT2D eigenvalue weighted by atomic mass is 10.2. The number of anilines is 2. The molecular weight excluding hydrogens is 270 g/mol. The van der Waals surface area contributed by atoms with Crippen LogP contribution in [-0.4, -0.2) is 29.8 Å². The Labute approximate surface area is 113 Å². The minimum Gasteiger partial charge on any atom is -0.399 e. The maximum absolute atomic E-state index is 11.9. The van der Waals surface area contributed by atoms with Gasteiger partial charge in [-0.2, -0.15) is 4.98 Å². The first-order valence-corrected chi connectivity index (χ1v) is 5.89. The van der Waals surface area contributed by atoms with Gasteiger partial charge in [0.15, 0.2) is 5.82 Å². The number of benzene rings is 1. The van der Waals surface area contributed by atoms with Crippen LogP contribution in [0.3, 0.4) is 0 Å². The van der Waals surface area contributed by atoms with Crippen LogP contribution < -0.4 is 11.5 Å². The van der Waals surface area contributed by atoms with Crippen molar-refractivity contribution in [1.82, 2.24) is 10.1 Å². The van der Waals surface area contributed by atoms with E-state index >= 15 is 0 Å². The highest BCUT2D eigenvalue weighted by atomic mass is 19.3. The molecule has 2 rings (SSSR count). The molecular formula is C12H14F2N4O2. The maximum Gasteiger partial charge on any atom is 0.261 e. The third-order valence-electron chi connectivity index (χ3n) is 2.41. The van der Waals surface area contributed by atoms with Crippen LogP contribution in [0.1, 0.15) is 5.82 Å². The zero-order chi connectivity index (χ0) is 14.5. The predicted molar refractivity (Wildman–Crippen MR) is 69.1 cm³/mol. The normalized spacial score (nSPS) is 11.2. The molecule has 1 heterocycles. The summed E-state index contributed by atoms with van der Waals surface area (Å²) in [5.41, 5.74) is 12.9. The van der Waals surface area contributed by atoms with E-state index in [9.17, 15) is 8.78 Å². The molecule has 108 valence electrons. The van der Waals surface area contributed by atoms with Crippen LogP contribution >= 0.6 is 0 Å². The predicted octanol–water partition coefficient (Wildman–Crippen LogP) is 1.73. The van der Waals surface area contributed by atoms with Gasteiger partial charge in [0.05, 0.1) is 6.61 Å². The van der Waals surface area contributed by atoms with Crippen LogP contribution in [0.4, 0.5) is 20.2 Å². The number of nitrogens with two attached hydrogens (primary N) is 2. The number of aromatic nitrogens is 2. The Balaban J connectivity index is 1.98. The summed E-state index contributed by atoms with van der Waals surface area (Å²) >= 11 is 0. The summed E-state index contributed by atoms with van der Waals surface area (Å²) < 4.78 is 33.5. The van der Waals surface area contributed by atoms with E-state index in [1.54, 1.807) is 18.2 Å². The summed E-state index contributed by atoms with van der Waals surface area (Å²) in [4.78, 5) is 4.12. The highest BCUT2D eigenvalue weighted by Gasteiger charge is 2.10. The summed E-state index contributed by atoms with van der Waals surface area (Å²) in [6, 6.07) is 4.92. The van der Waals surface area contributed by atoms with Crippen molar-refractivity contribution in [2.75, 3.05) is 24.7 Å². The molecule has 0 amide bonds. The first kappa shape index (κ1) is 14.2. The van der Waals surface area contributed by atoms with E-state index in [2.05, 4.69) is 10.1 Å². The third-order valence-corrected chi connectivity index (χ3v) is 2.41. The molecule has 0 aliphatic carbocycles. The van der Waals surface area contributed by atoms with Crippen molar-refractivity contribution in [2.45, 2.75) is 12.8 Å². The monoisotopic (exact) mass is 284 g/mol. The lowest BCUT2D eigenvalue weighted by Crippen LogP contribution is -2.07. The molecule has 0 unspecified atom stereocenters. The Kier molecular flexibility index (Phi) is 4.46. The van der Waals surface area contributed by atoms with Crippen molar-refractivity contribution >= 4 is 11.4 Å². The molecule has 20 heavy (non-hydrogen) atoms. The second kappa shape index (κ2) is 6.29. The van der Waals surface area contributed by atoms with E-state index in [4.69, 9.17) is 20.7 Å². The molecule has 4 N–H and O–H groups in total. The van der Waals surface area contributed by atoms with Gasteiger partial charge in [-0.25, -0.2) is 8.78 Å². The Morgan fingerprint density at radius 2 is 1.90 bits per heavy atom. The quantitative estimate of drug-likeness (QED) is 0.619. The van der Waals surface area contributed by atoms with Crippen molar-refractivity contribution < 1.29 is 18.0 Å². The van der Waals surface area contributed by atoms with Gasteiger partial charge in [0.2, 0.25) is 0 Å². The molecule has 0 fully saturated rings. The number of ether oxygens (including phenoxy) is 1. The Morgan fingerprint density at radius 1 is 1.20 bits per heavy atom. The lowest BCUT2D eigenvalue weighted by molar-refractivity contribution is 0.0182. The molecule has 2 aromatic rings. The molecule has 0 aliphatic heterocycles. The zero-order valence-corrected chi connectivity index (χ0v) is 10.6. The second-order valence-electron chi connectivity index (χ2n) is 4.12. The van der Waals surface area contributed by atoms with Gasteiger partial charge in [0.25, 0.3) is 12.3 Å². The Hall–Kier alpha value is -2.22. The Bertz CT molecular complexity index is 554. The summed E-state index contributed by atoms with van der Waals surface area (Å²) in [5.74, 6) is 0.642. The van der Waals surface area contributed by atoms with E-state index in [0.717, 1.165) is 0 Å². The van der Waals surface area contributed by atoms with Crippen LogP contribution in [0, 0.1) is 0 Å². The topological polar surface area (TPSA) is 100 Å². The van der Waals surface area contributed by atoms with E-state index in [0.29, 0.717) is 22.8 Å². The van der Waals surface area contributed by atoms with Gasteiger partial charge in [-0.1, -0.05) is 5.16 Å². The van der Waals surface area contributed by atoms with Crippen molar-refractivity contribution in [3.8, 4) is 11.5 Å². The van der Waals surface area contributed by atoms with E-state index in [1.807, 2.05) is 0 Å². The summed E-state index contributed by atoms with van der Waals surface area (Å²) in [5, 5.41) is 3.73. The highest BCUT2D eigenvalue weighted by Crippen LogP contribution is 2.23. The van der Waals surface area contributed by atoms with Gasteiger partial charge < -0.3 is 20.7 Å². The average molecular weight is 284 g/mol. The molecule has 0 bridgehead atoms. The first-order chi connectivity index (χ1) is 9.54. The molecule has 0 saturated heterocycles. The number of rotatable bonds is 6. The molecule has 0 radical (unpaired) electrons. The molecule has 0 saturated carbocycles. The molecule has 0 aliphatic rings. The van der Waals surface area contributed by atoms with Gasteiger partial charge in [-0.05, 0) is 18.2 Å². The van der Waals surface area contributed by atoms with Gasteiger partial charge in [-0.15, -0.1) is 0 Å². The molecule has 6 nitrogen and oxygen atoms in total. The standard InChI is InChI=1S/C12H14F2N4O2/c13-10(14)6-19-2-1-11-17-12(20-18-11)7-3-8(15)5-9(16)4-7/h3-5,10H,1-2,6,15-16H2. The number of nitrogen functional groups attached to an aromatic ring is 2. The van der Waals surface area contributed by atoms with E-state index in [-0.39, 0.29) is 18.9 Å².